The monoisotopic (exact) mass is 202 g/mol. The third-order valence-electron chi connectivity index (χ3n) is 1.96. The number of aliphatic hydroxyl groups is 1. The van der Waals surface area contributed by atoms with Gasteiger partial charge < -0.3 is 16.6 Å². The standard InChI is InChI=1S/C9H12F2N2O/c1-9(13,4-14)8-6(10)2-5(12)3-7(8)11/h2-3,14H,4,12-13H2,1H3/t9-/m0/s1. The van der Waals surface area contributed by atoms with Crippen LogP contribution in [0.15, 0.2) is 12.1 Å². The summed E-state index contributed by atoms with van der Waals surface area (Å²) >= 11 is 0. The van der Waals surface area contributed by atoms with E-state index in [1.165, 1.54) is 6.92 Å². The van der Waals surface area contributed by atoms with Crippen molar-refractivity contribution < 1.29 is 13.9 Å². The average molecular weight is 202 g/mol. The Morgan fingerprint density at radius 2 is 1.79 bits per heavy atom. The highest BCUT2D eigenvalue weighted by molar-refractivity contribution is 5.43. The van der Waals surface area contributed by atoms with Crippen LogP contribution in [-0.2, 0) is 5.54 Å². The van der Waals surface area contributed by atoms with E-state index < -0.39 is 23.8 Å². The highest BCUT2D eigenvalue weighted by Gasteiger charge is 2.28. The second-order valence-electron chi connectivity index (χ2n) is 3.44. The first-order valence-corrected chi connectivity index (χ1v) is 4.03. The molecule has 5 heteroatoms. The summed E-state index contributed by atoms with van der Waals surface area (Å²) in [6.07, 6.45) is 0. The molecule has 0 fully saturated rings. The Balaban J connectivity index is 3.35. The van der Waals surface area contributed by atoms with Gasteiger partial charge in [-0.3, -0.25) is 0 Å². The fraction of sp³-hybridized carbons (Fsp3) is 0.333. The topological polar surface area (TPSA) is 72.3 Å². The summed E-state index contributed by atoms with van der Waals surface area (Å²) < 4.78 is 26.6. The smallest absolute Gasteiger partial charge is 0.133 e. The number of rotatable bonds is 2. The zero-order valence-corrected chi connectivity index (χ0v) is 7.72. The minimum Gasteiger partial charge on any atom is -0.399 e. The molecule has 0 spiro atoms. The van der Waals surface area contributed by atoms with Crippen molar-refractivity contribution >= 4 is 5.69 Å². The van der Waals surface area contributed by atoms with Crippen LogP contribution in [-0.4, -0.2) is 11.7 Å². The molecule has 0 aromatic heterocycles. The molecule has 0 aliphatic heterocycles. The zero-order chi connectivity index (χ0) is 10.9. The lowest BCUT2D eigenvalue weighted by atomic mass is 9.93. The number of aliphatic hydroxyl groups excluding tert-OH is 1. The van der Waals surface area contributed by atoms with Gasteiger partial charge in [-0.1, -0.05) is 0 Å². The van der Waals surface area contributed by atoms with Gasteiger partial charge in [0.25, 0.3) is 0 Å². The van der Waals surface area contributed by atoms with Gasteiger partial charge in [-0.05, 0) is 19.1 Å². The molecule has 0 radical (unpaired) electrons. The largest absolute Gasteiger partial charge is 0.399 e. The molecule has 5 N–H and O–H groups in total. The van der Waals surface area contributed by atoms with Gasteiger partial charge in [-0.15, -0.1) is 0 Å². The minimum absolute atomic E-state index is 0.0162. The molecular weight excluding hydrogens is 190 g/mol. The summed E-state index contributed by atoms with van der Waals surface area (Å²) in [5, 5.41) is 8.88. The van der Waals surface area contributed by atoms with Crippen molar-refractivity contribution in [2.24, 2.45) is 5.73 Å². The number of halogens is 2. The molecule has 0 aliphatic rings. The van der Waals surface area contributed by atoms with E-state index in [0.717, 1.165) is 12.1 Å². The molecule has 78 valence electrons. The van der Waals surface area contributed by atoms with E-state index in [9.17, 15) is 8.78 Å². The van der Waals surface area contributed by atoms with Crippen molar-refractivity contribution in [1.29, 1.82) is 0 Å². The Morgan fingerprint density at radius 1 is 1.36 bits per heavy atom. The van der Waals surface area contributed by atoms with Crippen molar-refractivity contribution in [2.75, 3.05) is 12.3 Å². The molecule has 0 heterocycles. The Kier molecular flexibility index (Phi) is 2.73. The quantitative estimate of drug-likeness (QED) is 0.618. The van der Waals surface area contributed by atoms with Crippen LogP contribution in [0.5, 0.6) is 0 Å². The van der Waals surface area contributed by atoms with Crippen LogP contribution in [0.1, 0.15) is 12.5 Å². The molecular formula is C9H12F2N2O. The zero-order valence-electron chi connectivity index (χ0n) is 7.72. The molecule has 14 heavy (non-hydrogen) atoms. The van der Waals surface area contributed by atoms with Crippen LogP contribution in [0.25, 0.3) is 0 Å². The van der Waals surface area contributed by atoms with Crippen LogP contribution in [0.3, 0.4) is 0 Å². The van der Waals surface area contributed by atoms with Crippen molar-refractivity contribution in [3.05, 3.63) is 29.3 Å². The molecule has 0 bridgehead atoms. The minimum atomic E-state index is -1.44. The number of hydrogen-bond acceptors (Lipinski definition) is 3. The Morgan fingerprint density at radius 3 is 2.14 bits per heavy atom. The molecule has 1 aromatic carbocycles. The van der Waals surface area contributed by atoms with Crippen molar-refractivity contribution in [2.45, 2.75) is 12.5 Å². The molecule has 0 aliphatic carbocycles. The van der Waals surface area contributed by atoms with Crippen LogP contribution in [0.4, 0.5) is 14.5 Å². The Hall–Kier alpha value is -1.20. The van der Waals surface area contributed by atoms with E-state index in [1.54, 1.807) is 0 Å². The van der Waals surface area contributed by atoms with Crippen LogP contribution in [0.2, 0.25) is 0 Å². The van der Waals surface area contributed by atoms with Crippen LogP contribution < -0.4 is 11.5 Å². The molecule has 1 rings (SSSR count). The van der Waals surface area contributed by atoms with Gasteiger partial charge >= 0.3 is 0 Å². The van der Waals surface area contributed by atoms with Gasteiger partial charge in [0.1, 0.15) is 11.6 Å². The first kappa shape index (κ1) is 10.9. The van der Waals surface area contributed by atoms with E-state index in [1.807, 2.05) is 0 Å². The summed E-state index contributed by atoms with van der Waals surface area (Å²) in [5.41, 5.74) is 8.94. The third kappa shape index (κ3) is 1.83. The average Bonchev–Trinajstić information content (AvgIpc) is 2.01. The van der Waals surface area contributed by atoms with Crippen molar-refractivity contribution in [3.8, 4) is 0 Å². The molecule has 0 unspecified atom stereocenters. The van der Waals surface area contributed by atoms with E-state index in [0.29, 0.717) is 0 Å². The normalized spacial score (nSPS) is 15.2. The molecule has 0 saturated carbocycles. The SMILES string of the molecule is C[C@](N)(CO)c1c(F)cc(N)cc1F. The highest BCUT2D eigenvalue weighted by atomic mass is 19.1. The molecule has 1 aromatic rings. The highest BCUT2D eigenvalue weighted by Crippen LogP contribution is 2.25. The lowest BCUT2D eigenvalue weighted by molar-refractivity contribution is 0.202. The van der Waals surface area contributed by atoms with Gasteiger partial charge in [-0.2, -0.15) is 0 Å². The number of anilines is 1. The second kappa shape index (κ2) is 3.51. The summed E-state index contributed by atoms with van der Waals surface area (Å²) in [7, 11) is 0. The maximum absolute atomic E-state index is 13.3. The summed E-state index contributed by atoms with van der Waals surface area (Å²) in [4.78, 5) is 0. The number of hydrogen-bond donors (Lipinski definition) is 3. The van der Waals surface area contributed by atoms with Crippen LogP contribution >= 0.6 is 0 Å². The number of nitrogen functional groups attached to an aromatic ring is 1. The Bertz CT molecular complexity index is 330. The van der Waals surface area contributed by atoms with Gasteiger partial charge in [-0.25, -0.2) is 8.78 Å². The van der Waals surface area contributed by atoms with Gasteiger partial charge in [0, 0.05) is 11.3 Å². The molecule has 0 amide bonds. The predicted molar refractivity (Wildman–Crippen MR) is 49.4 cm³/mol. The van der Waals surface area contributed by atoms with Gasteiger partial charge in [0.2, 0.25) is 0 Å². The maximum atomic E-state index is 13.3. The molecule has 3 nitrogen and oxygen atoms in total. The van der Waals surface area contributed by atoms with E-state index >= 15 is 0 Å². The van der Waals surface area contributed by atoms with Gasteiger partial charge in [0.15, 0.2) is 0 Å². The van der Waals surface area contributed by atoms with E-state index in [4.69, 9.17) is 16.6 Å². The maximum Gasteiger partial charge on any atom is 0.133 e. The van der Waals surface area contributed by atoms with E-state index in [-0.39, 0.29) is 11.3 Å². The van der Waals surface area contributed by atoms with Crippen LogP contribution in [0, 0.1) is 11.6 Å². The molecule has 0 saturated heterocycles. The number of benzene rings is 1. The summed E-state index contributed by atoms with van der Waals surface area (Å²) in [5.74, 6) is -1.69. The number of nitrogens with two attached hydrogens (primary N) is 2. The molecule has 1 atom stereocenters. The van der Waals surface area contributed by atoms with Gasteiger partial charge in [0.05, 0.1) is 12.1 Å². The van der Waals surface area contributed by atoms with Crippen molar-refractivity contribution in [1.82, 2.24) is 0 Å². The lowest BCUT2D eigenvalue weighted by Gasteiger charge is -2.23. The summed E-state index contributed by atoms with van der Waals surface area (Å²) in [6, 6.07) is 1.94. The fourth-order valence-corrected chi connectivity index (χ4v) is 1.22. The fourth-order valence-electron chi connectivity index (χ4n) is 1.22. The first-order chi connectivity index (χ1) is 6.38. The third-order valence-corrected chi connectivity index (χ3v) is 1.96. The second-order valence-corrected chi connectivity index (χ2v) is 3.44. The summed E-state index contributed by atoms with van der Waals surface area (Å²) in [6.45, 7) is 0.787. The first-order valence-electron chi connectivity index (χ1n) is 4.03. The Labute approximate surface area is 80.3 Å². The lowest BCUT2D eigenvalue weighted by Crippen LogP contribution is -2.39. The van der Waals surface area contributed by atoms with Crippen molar-refractivity contribution in [3.63, 3.8) is 0 Å². The predicted octanol–water partition coefficient (Wildman–Crippen LogP) is 0.713. The van der Waals surface area contributed by atoms with E-state index in [2.05, 4.69) is 0 Å².